The maximum atomic E-state index is 13.1. The van der Waals surface area contributed by atoms with E-state index < -0.39 is 0 Å². The normalized spacial score (nSPS) is 18.2. The maximum absolute atomic E-state index is 13.1. The van der Waals surface area contributed by atoms with Crippen LogP contribution in [0.3, 0.4) is 0 Å². The quantitative estimate of drug-likeness (QED) is 0.792. The van der Waals surface area contributed by atoms with Crippen molar-refractivity contribution in [1.82, 2.24) is 14.8 Å². The molecule has 29 heavy (non-hydrogen) atoms. The lowest BCUT2D eigenvalue weighted by Crippen LogP contribution is -2.49. The molecular weight excluding hydrogens is 369 g/mol. The molecule has 0 radical (unpaired) electrons. The minimum atomic E-state index is -0.232. The van der Waals surface area contributed by atoms with E-state index in [2.05, 4.69) is 26.6 Å². The van der Waals surface area contributed by atoms with Crippen molar-refractivity contribution in [1.29, 1.82) is 0 Å². The fraction of sp³-hybridized carbons (Fsp3) is 0.455. The number of hydrogen-bond acceptors (Lipinski definition) is 5. The molecule has 7 heteroatoms. The van der Waals surface area contributed by atoms with Crippen molar-refractivity contribution >= 4 is 17.3 Å². The van der Waals surface area contributed by atoms with E-state index in [9.17, 15) is 9.18 Å². The van der Waals surface area contributed by atoms with E-state index >= 15 is 0 Å². The number of halogens is 1. The molecule has 2 saturated heterocycles. The van der Waals surface area contributed by atoms with Crippen LogP contribution in [0.4, 0.5) is 15.8 Å². The molecule has 6 nitrogen and oxygen atoms in total. The van der Waals surface area contributed by atoms with Gasteiger partial charge in [-0.05, 0) is 42.9 Å². The van der Waals surface area contributed by atoms with Gasteiger partial charge < -0.3 is 19.6 Å². The third-order valence-corrected chi connectivity index (χ3v) is 5.91. The topological polar surface area (TPSA) is 42.9 Å². The maximum Gasteiger partial charge on any atom is 0.272 e. The SMILES string of the molecule is CCN1CCN(c2ccc(C(=O)N3CCN(c4ccc(F)cc4)CC3)nc2)CC1. The Kier molecular flexibility index (Phi) is 5.94. The number of aromatic nitrogens is 1. The van der Waals surface area contributed by atoms with Gasteiger partial charge in [0.15, 0.2) is 0 Å². The molecule has 3 heterocycles. The Morgan fingerprint density at radius 3 is 2.03 bits per heavy atom. The van der Waals surface area contributed by atoms with Crippen LogP contribution in [0.5, 0.6) is 0 Å². The third kappa shape index (κ3) is 4.50. The van der Waals surface area contributed by atoms with Gasteiger partial charge >= 0.3 is 0 Å². The largest absolute Gasteiger partial charge is 0.368 e. The highest BCUT2D eigenvalue weighted by Crippen LogP contribution is 2.19. The molecular formula is C22H28FN5O. The molecule has 2 aliphatic rings. The highest BCUT2D eigenvalue weighted by molar-refractivity contribution is 5.92. The summed E-state index contributed by atoms with van der Waals surface area (Å²) in [6.07, 6.45) is 1.82. The number of piperazine rings is 2. The van der Waals surface area contributed by atoms with Crippen LogP contribution >= 0.6 is 0 Å². The standard InChI is InChI=1S/C22H28FN5O/c1-2-25-9-11-27(12-10-25)20-7-8-21(24-17-20)22(29)28-15-13-26(14-16-28)19-5-3-18(23)4-6-19/h3-8,17H,2,9-16H2,1H3. The van der Waals surface area contributed by atoms with Crippen molar-refractivity contribution in [3.8, 4) is 0 Å². The van der Waals surface area contributed by atoms with Gasteiger partial charge in [0.1, 0.15) is 11.5 Å². The first-order chi connectivity index (χ1) is 14.1. The first-order valence-electron chi connectivity index (χ1n) is 10.4. The molecule has 0 unspecified atom stereocenters. The molecule has 0 saturated carbocycles. The van der Waals surface area contributed by atoms with Crippen molar-refractivity contribution in [3.63, 3.8) is 0 Å². The summed E-state index contributed by atoms with van der Waals surface area (Å²) in [5.41, 5.74) is 2.57. The van der Waals surface area contributed by atoms with Crippen LogP contribution in [0.1, 0.15) is 17.4 Å². The summed E-state index contributed by atoms with van der Waals surface area (Å²) >= 11 is 0. The van der Waals surface area contributed by atoms with Gasteiger partial charge in [0.05, 0.1) is 11.9 Å². The van der Waals surface area contributed by atoms with E-state index in [1.54, 1.807) is 12.1 Å². The summed E-state index contributed by atoms with van der Waals surface area (Å²) < 4.78 is 13.1. The van der Waals surface area contributed by atoms with Crippen LogP contribution in [0.25, 0.3) is 0 Å². The predicted molar refractivity (Wildman–Crippen MR) is 113 cm³/mol. The Labute approximate surface area is 171 Å². The van der Waals surface area contributed by atoms with E-state index in [0.717, 1.165) is 57.2 Å². The minimum absolute atomic E-state index is 0.0221. The van der Waals surface area contributed by atoms with E-state index in [1.165, 1.54) is 12.1 Å². The lowest BCUT2D eigenvalue weighted by molar-refractivity contribution is 0.0741. The van der Waals surface area contributed by atoms with Crippen molar-refractivity contribution < 1.29 is 9.18 Å². The molecule has 0 spiro atoms. The molecule has 1 aromatic carbocycles. The van der Waals surface area contributed by atoms with E-state index in [4.69, 9.17) is 0 Å². The van der Waals surface area contributed by atoms with Crippen LogP contribution in [-0.2, 0) is 0 Å². The molecule has 0 atom stereocenters. The summed E-state index contributed by atoms with van der Waals surface area (Å²) in [6.45, 7) is 10.1. The fourth-order valence-electron chi connectivity index (χ4n) is 4.00. The van der Waals surface area contributed by atoms with Crippen molar-refractivity contribution in [3.05, 3.63) is 54.1 Å². The van der Waals surface area contributed by atoms with E-state index in [-0.39, 0.29) is 11.7 Å². The number of carbonyl (C=O) groups is 1. The molecule has 0 N–H and O–H groups in total. The second-order valence-electron chi connectivity index (χ2n) is 7.58. The molecule has 4 rings (SSSR count). The van der Waals surface area contributed by atoms with Crippen LogP contribution in [-0.4, -0.2) is 79.6 Å². The van der Waals surface area contributed by atoms with Crippen molar-refractivity contribution in [2.75, 3.05) is 68.7 Å². The monoisotopic (exact) mass is 397 g/mol. The average Bonchev–Trinajstić information content (AvgIpc) is 2.79. The molecule has 154 valence electrons. The number of hydrogen-bond donors (Lipinski definition) is 0. The molecule has 0 aliphatic carbocycles. The number of likely N-dealkylation sites (N-methyl/N-ethyl adjacent to an activating group) is 1. The minimum Gasteiger partial charge on any atom is -0.368 e. The number of benzene rings is 1. The number of carbonyl (C=O) groups excluding carboxylic acids is 1. The van der Waals surface area contributed by atoms with E-state index in [0.29, 0.717) is 18.8 Å². The second-order valence-corrected chi connectivity index (χ2v) is 7.58. The summed E-state index contributed by atoms with van der Waals surface area (Å²) in [7, 11) is 0. The Balaban J connectivity index is 1.32. The van der Waals surface area contributed by atoms with Crippen molar-refractivity contribution in [2.24, 2.45) is 0 Å². The van der Waals surface area contributed by atoms with Crippen LogP contribution < -0.4 is 9.80 Å². The smallest absolute Gasteiger partial charge is 0.272 e. The molecule has 2 aromatic rings. The number of pyridine rings is 1. The van der Waals surface area contributed by atoms with Gasteiger partial charge in [-0.15, -0.1) is 0 Å². The van der Waals surface area contributed by atoms with Gasteiger partial charge in [0, 0.05) is 58.0 Å². The first kappa shape index (κ1) is 19.6. The molecule has 2 fully saturated rings. The Morgan fingerprint density at radius 2 is 1.45 bits per heavy atom. The molecule has 1 amide bonds. The Hall–Kier alpha value is -2.67. The lowest BCUT2D eigenvalue weighted by Gasteiger charge is -2.36. The average molecular weight is 397 g/mol. The predicted octanol–water partition coefficient (Wildman–Crippen LogP) is 2.33. The summed E-state index contributed by atoms with van der Waals surface area (Å²) in [4.78, 5) is 26.1. The van der Waals surface area contributed by atoms with E-state index in [1.807, 2.05) is 23.2 Å². The van der Waals surface area contributed by atoms with Gasteiger partial charge in [0.2, 0.25) is 0 Å². The molecule has 2 aliphatic heterocycles. The first-order valence-corrected chi connectivity index (χ1v) is 10.4. The van der Waals surface area contributed by atoms with Gasteiger partial charge in [-0.3, -0.25) is 4.79 Å². The van der Waals surface area contributed by atoms with Gasteiger partial charge in [-0.25, -0.2) is 9.37 Å². The molecule has 0 bridgehead atoms. The Morgan fingerprint density at radius 1 is 0.862 bits per heavy atom. The lowest BCUT2D eigenvalue weighted by atomic mass is 10.2. The number of nitrogens with zero attached hydrogens (tertiary/aromatic N) is 5. The zero-order valence-electron chi connectivity index (χ0n) is 16.9. The highest BCUT2D eigenvalue weighted by Gasteiger charge is 2.23. The van der Waals surface area contributed by atoms with Crippen LogP contribution in [0.15, 0.2) is 42.6 Å². The summed E-state index contributed by atoms with van der Waals surface area (Å²) in [5.74, 6) is -0.254. The third-order valence-electron chi connectivity index (χ3n) is 5.91. The van der Waals surface area contributed by atoms with Gasteiger partial charge in [-0.2, -0.15) is 0 Å². The zero-order valence-corrected chi connectivity index (χ0v) is 16.9. The van der Waals surface area contributed by atoms with Gasteiger partial charge in [-0.1, -0.05) is 6.92 Å². The fourth-order valence-corrected chi connectivity index (χ4v) is 4.00. The van der Waals surface area contributed by atoms with Crippen molar-refractivity contribution in [2.45, 2.75) is 6.92 Å². The van der Waals surface area contributed by atoms with Gasteiger partial charge in [0.25, 0.3) is 5.91 Å². The van der Waals surface area contributed by atoms with Crippen LogP contribution in [0.2, 0.25) is 0 Å². The number of amides is 1. The molecule has 1 aromatic heterocycles. The van der Waals surface area contributed by atoms with Crippen LogP contribution in [0, 0.1) is 5.82 Å². The summed E-state index contributed by atoms with van der Waals surface area (Å²) in [5, 5.41) is 0. The highest BCUT2D eigenvalue weighted by atomic mass is 19.1. The Bertz CT molecular complexity index is 810. The number of anilines is 2. The second kappa shape index (κ2) is 8.78. The summed E-state index contributed by atoms with van der Waals surface area (Å²) in [6, 6.07) is 10.4. The number of rotatable bonds is 4. The zero-order chi connectivity index (χ0) is 20.2.